The summed E-state index contributed by atoms with van der Waals surface area (Å²) in [5.74, 6) is -1.03. The third-order valence-electron chi connectivity index (χ3n) is 1.71. The normalized spacial score (nSPS) is 20.2. The summed E-state index contributed by atoms with van der Waals surface area (Å²) in [6, 6.07) is -0.716. The van der Waals surface area contributed by atoms with Crippen molar-refractivity contribution >= 4 is 18.0 Å². The molecule has 1 rings (SSSR count). The molecular weight excluding hydrogens is 190 g/mol. The molecular formula is C8H11NO5. The molecule has 0 aromatic heterocycles. The SMILES string of the molecule is CCOC(=O)CC[C@@H]1NC(=O)OC1=O. The van der Waals surface area contributed by atoms with Gasteiger partial charge in [-0.25, -0.2) is 9.59 Å². The average molecular weight is 201 g/mol. The average Bonchev–Trinajstić information content (AvgIpc) is 2.42. The minimum absolute atomic E-state index is 0.0912. The van der Waals surface area contributed by atoms with Crippen molar-refractivity contribution in [3.63, 3.8) is 0 Å². The van der Waals surface area contributed by atoms with Gasteiger partial charge in [0, 0.05) is 6.42 Å². The monoisotopic (exact) mass is 201 g/mol. The first-order valence-corrected chi connectivity index (χ1v) is 4.31. The number of hydrogen-bond donors (Lipinski definition) is 1. The minimum Gasteiger partial charge on any atom is -0.466 e. The van der Waals surface area contributed by atoms with E-state index in [2.05, 4.69) is 14.8 Å². The van der Waals surface area contributed by atoms with Crippen LogP contribution in [-0.4, -0.2) is 30.7 Å². The summed E-state index contributed by atoms with van der Waals surface area (Å²) in [4.78, 5) is 32.4. The van der Waals surface area contributed by atoms with Crippen LogP contribution in [0.2, 0.25) is 0 Å². The number of rotatable bonds is 4. The molecule has 0 spiro atoms. The molecule has 6 nitrogen and oxygen atoms in total. The molecule has 0 aromatic rings. The number of carbonyl (C=O) groups excluding carboxylic acids is 3. The van der Waals surface area contributed by atoms with E-state index in [4.69, 9.17) is 0 Å². The zero-order valence-corrected chi connectivity index (χ0v) is 7.74. The zero-order valence-electron chi connectivity index (χ0n) is 7.74. The summed E-state index contributed by atoms with van der Waals surface area (Å²) >= 11 is 0. The maximum Gasteiger partial charge on any atom is 0.415 e. The van der Waals surface area contributed by atoms with Gasteiger partial charge in [-0.1, -0.05) is 0 Å². The van der Waals surface area contributed by atoms with Gasteiger partial charge < -0.3 is 14.8 Å². The van der Waals surface area contributed by atoms with Gasteiger partial charge in [-0.15, -0.1) is 0 Å². The Labute approximate surface area is 80.5 Å². The highest BCUT2D eigenvalue weighted by Crippen LogP contribution is 2.07. The molecule has 1 heterocycles. The molecule has 1 saturated heterocycles. The Morgan fingerprint density at radius 1 is 1.57 bits per heavy atom. The molecule has 0 radical (unpaired) electrons. The molecule has 1 N–H and O–H groups in total. The third-order valence-corrected chi connectivity index (χ3v) is 1.71. The van der Waals surface area contributed by atoms with E-state index in [0.717, 1.165) is 0 Å². The second-order valence-electron chi connectivity index (χ2n) is 2.75. The third kappa shape index (κ3) is 2.72. The highest BCUT2D eigenvalue weighted by molar-refractivity contribution is 5.95. The molecule has 0 unspecified atom stereocenters. The van der Waals surface area contributed by atoms with E-state index in [-0.39, 0.29) is 18.8 Å². The molecule has 14 heavy (non-hydrogen) atoms. The van der Waals surface area contributed by atoms with Crippen molar-refractivity contribution in [2.24, 2.45) is 0 Å². The van der Waals surface area contributed by atoms with Crippen LogP contribution in [0.25, 0.3) is 0 Å². The Kier molecular flexibility index (Phi) is 3.44. The summed E-state index contributed by atoms with van der Waals surface area (Å²) in [6.07, 6.45) is -0.457. The number of nitrogens with one attached hydrogen (secondary N) is 1. The first-order chi connectivity index (χ1) is 6.63. The summed E-state index contributed by atoms with van der Waals surface area (Å²) < 4.78 is 8.89. The minimum atomic E-state index is -0.760. The Bertz CT molecular complexity index is 262. The standard InChI is InChI=1S/C8H11NO5/c1-2-13-6(10)4-3-5-7(11)14-8(12)9-5/h5H,2-4H2,1H3,(H,9,12)/t5-/m0/s1. The highest BCUT2D eigenvalue weighted by atomic mass is 16.6. The van der Waals surface area contributed by atoms with Gasteiger partial charge in [-0.2, -0.15) is 0 Å². The first kappa shape index (κ1) is 10.5. The molecule has 1 amide bonds. The Morgan fingerprint density at radius 3 is 2.79 bits per heavy atom. The lowest BCUT2D eigenvalue weighted by atomic mass is 10.2. The number of amides is 1. The van der Waals surface area contributed by atoms with Crippen molar-refractivity contribution in [3.8, 4) is 0 Å². The van der Waals surface area contributed by atoms with Crippen molar-refractivity contribution in [1.29, 1.82) is 0 Å². The first-order valence-electron chi connectivity index (χ1n) is 4.31. The molecule has 0 bridgehead atoms. The van der Waals surface area contributed by atoms with E-state index in [0.29, 0.717) is 6.61 Å². The van der Waals surface area contributed by atoms with Crippen LogP contribution in [0.5, 0.6) is 0 Å². The fraction of sp³-hybridized carbons (Fsp3) is 0.625. The fourth-order valence-corrected chi connectivity index (χ4v) is 1.08. The van der Waals surface area contributed by atoms with E-state index in [1.165, 1.54) is 0 Å². The Hall–Kier alpha value is -1.59. The van der Waals surface area contributed by atoms with Crippen molar-refractivity contribution in [1.82, 2.24) is 5.32 Å². The topological polar surface area (TPSA) is 81.7 Å². The summed E-state index contributed by atoms with van der Waals surface area (Å²) in [5.41, 5.74) is 0. The van der Waals surface area contributed by atoms with Crippen LogP contribution in [0.15, 0.2) is 0 Å². The van der Waals surface area contributed by atoms with Crippen molar-refractivity contribution in [2.45, 2.75) is 25.8 Å². The van der Waals surface area contributed by atoms with E-state index < -0.39 is 18.1 Å². The molecule has 1 aliphatic rings. The Balaban J connectivity index is 2.28. The second-order valence-corrected chi connectivity index (χ2v) is 2.75. The van der Waals surface area contributed by atoms with Gasteiger partial charge in [-0.05, 0) is 13.3 Å². The largest absolute Gasteiger partial charge is 0.466 e. The lowest BCUT2D eigenvalue weighted by molar-refractivity contribution is -0.143. The van der Waals surface area contributed by atoms with Crippen LogP contribution in [0, 0.1) is 0 Å². The van der Waals surface area contributed by atoms with Gasteiger partial charge in [-0.3, -0.25) is 4.79 Å². The van der Waals surface area contributed by atoms with Gasteiger partial charge >= 0.3 is 18.0 Å². The second kappa shape index (κ2) is 4.59. The van der Waals surface area contributed by atoms with Crippen molar-refractivity contribution < 1.29 is 23.9 Å². The maximum absolute atomic E-state index is 10.9. The molecule has 1 fully saturated rings. The number of alkyl carbamates (subject to hydrolysis) is 1. The van der Waals surface area contributed by atoms with Gasteiger partial charge in [0.05, 0.1) is 6.61 Å². The van der Waals surface area contributed by atoms with Crippen molar-refractivity contribution in [2.75, 3.05) is 6.61 Å². The molecule has 0 aliphatic carbocycles. The predicted molar refractivity (Wildman–Crippen MR) is 44.3 cm³/mol. The smallest absolute Gasteiger partial charge is 0.415 e. The predicted octanol–water partition coefficient (Wildman–Crippen LogP) is -0.0353. The quantitative estimate of drug-likeness (QED) is 0.510. The summed E-state index contributed by atoms with van der Waals surface area (Å²) in [5, 5.41) is 2.28. The number of hydrogen-bond acceptors (Lipinski definition) is 5. The van der Waals surface area contributed by atoms with E-state index in [1.807, 2.05) is 0 Å². The molecule has 0 saturated carbocycles. The van der Waals surface area contributed by atoms with Gasteiger partial charge in [0.15, 0.2) is 0 Å². The molecule has 78 valence electrons. The van der Waals surface area contributed by atoms with E-state index in [1.54, 1.807) is 6.92 Å². The Morgan fingerprint density at radius 2 is 2.29 bits per heavy atom. The van der Waals surface area contributed by atoms with Crippen LogP contribution in [0.1, 0.15) is 19.8 Å². The number of carbonyl (C=O) groups is 3. The molecule has 1 atom stereocenters. The molecule has 0 aromatic carbocycles. The van der Waals surface area contributed by atoms with Crippen LogP contribution in [0.4, 0.5) is 4.79 Å². The lowest BCUT2D eigenvalue weighted by Gasteiger charge is -2.04. The van der Waals surface area contributed by atoms with Crippen LogP contribution < -0.4 is 5.32 Å². The van der Waals surface area contributed by atoms with Crippen molar-refractivity contribution in [3.05, 3.63) is 0 Å². The van der Waals surface area contributed by atoms with Gasteiger partial charge in [0.2, 0.25) is 0 Å². The van der Waals surface area contributed by atoms with Crippen LogP contribution in [-0.2, 0) is 19.1 Å². The van der Waals surface area contributed by atoms with Gasteiger partial charge in [0.1, 0.15) is 6.04 Å². The van der Waals surface area contributed by atoms with E-state index in [9.17, 15) is 14.4 Å². The molecule has 6 heteroatoms. The zero-order chi connectivity index (χ0) is 10.6. The number of esters is 2. The summed E-state index contributed by atoms with van der Waals surface area (Å²) in [6.45, 7) is 2.00. The fourth-order valence-electron chi connectivity index (χ4n) is 1.08. The number of ether oxygens (including phenoxy) is 2. The number of cyclic esters (lactones) is 2. The van der Waals surface area contributed by atoms with E-state index >= 15 is 0 Å². The maximum atomic E-state index is 10.9. The highest BCUT2D eigenvalue weighted by Gasteiger charge is 2.32. The summed E-state index contributed by atoms with van der Waals surface area (Å²) in [7, 11) is 0. The van der Waals surface area contributed by atoms with Gasteiger partial charge in [0.25, 0.3) is 0 Å². The molecule has 1 aliphatic heterocycles. The lowest BCUT2D eigenvalue weighted by Crippen LogP contribution is -2.29. The van der Waals surface area contributed by atoms with Crippen LogP contribution in [0.3, 0.4) is 0 Å². The van der Waals surface area contributed by atoms with Crippen LogP contribution >= 0.6 is 0 Å².